The molecule has 2 heterocycles. The van der Waals surface area contributed by atoms with Gasteiger partial charge in [-0.05, 0) is 15.9 Å². The third kappa shape index (κ3) is 2.06. The maximum atomic E-state index is 12.2. The van der Waals surface area contributed by atoms with Crippen molar-refractivity contribution in [2.24, 2.45) is 0 Å². The summed E-state index contributed by atoms with van der Waals surface area (Å²) in [5.74, 6) is 0. The molecule has 0 unspecified atom stereocenters. The van der Waals surface area contributed by atoms with E-state index < -0.39 is 6.03 Å². The summed E-state index contributed by atoms with van der Waals surface area (Å²) in [5, 5.41) is 14.9. The third-order valence-corrected chi connectivity index (χ3v) is 3.01. The Morgan fingerprint density at radius 3 is 2.63 bits per heavy atom. The topological polar surface area (TPSA) is 78.5 Å². The molecule has 0 N–H and O–H groups in total. The number of carbonyl (C=O) groups is 1. The number of benzene rings is 1. The molecule has 0 aliphatic rings. The number of hydrogen-bond donors (Lipinski definition) is 0. The number of nitrogens with zero attached hydrogens (tertiary/aromatic N) is 6. The second-order valence-corrected chi connectivity index (χ2v) is 4.39. The molecule has 19 heavy (non-hydrogen) atoms. The lowest BCUT2D eigenvalue weighted by molar-refractivity contribution is 0.237. The van der Waals surface area contributed by atoms with Crippen LogP contribution in [0.1, 0.15) is 0 Å². The molecule has 1 aromatic carbocycles. The van der Waals surface area contributed by atoms with E-state index in [4.69, 9.17) is 0 Å². The number of aromatic nitrogens is 6. The normalized spacial score (nSPS) is 10.6. The number of rotatable bonds is 1. The van der Waals surface area contributed by atoms with Crippen LogP contribution in [-0.4, -0.2) is 36.0 Å². The molecule has 0 atom stereocenters. The van der Waals surface area contributed by atoms with Crippen LogP contribution in [0.25, 0.3) is 11.3 Å². The highest BCUT2D eigenvalue weighted by Gasteiger charge is 2.19. The van der Waals surface area contributed by atoms with E-state index >= 15 is 0 Å². The van der Waals surface area contributed by atoms with Crippen molar-refractivity contribution in [3.8, 4) is 11.3 Å². The molecule has 0 spiro atoms. The van der Waals surface area contributed by atoms with Gasteiger partial charge in [0.25, 0.3) is 0 Å². The van der Waals surface area contributed by atoms with Crippen molar-refractivity contribution in [2.75, 3.05) is 0 Å². The average Bonchev–Trinajstić information content (AvgIpc) is 3.08. The fraction of sp³-hybridized carbons (Fsp3) is 0. The first kappa shape index (κ1) is 11.7. The van der Waals surface area contributed by atoms with Gasteiger partial charge in [0.15, 0.2) is 4.60 Å². The highest BCUT2D eigenvalue weighted by atomic mass is 79.9. The van der Waals surface area contributed by atoms with Crippen LogP contribution in [-0.2, 0) is 0 Å². The summed E-state index contributed by atoms with van der Waals surface area (Å²) in [5.41, 5.74) is 1.40. The first-order chi connectivity index (χ1) is 9.27. The Balaban J connectivity index is 2.12. The quantitative estimate of drug-likeness (QED) is 0.683. The number of carbonyl (C=O) groups excluding carboxylic acids is 1. The Bertz CT molecular complexity index is 706. The Kier molecular flexibility index (Phi) is 2.92. The molecule has 0 aliphatic heterocycles. The van der Waals surface area contributed by atoms with Crippen molar-refractivity contribution >= 4 is 22.0 Å². The predicted octanol–water partition coefficient (Wildman–Crippen LogP) is 1.82. The minimum absolute atomic E-state index is 0.449. The van der Waals surface area contributed by atoms with Crippen molar-refractivity contribution in [3.05, 3.63) is 47.3 Å². The lowest BCUT2D eigenvalue weighted by Gasteiger charge is -2.04. The fourth-order valence-electron chi connectivity index (χ4n) is 1.64. The van der Waals surface area contributed by atoms with Gasteiger partial charge in [-0.15, -0.1) is 10.2 Å². The standard InChI is InChI=1S/C11H7BrN6O/c12-10-9(8-4-2-1-3-5-8)18(16-14-10)11(19)17-7-6-13-15-17/h1-7H. The average molecular weight is 319 g/mol. The maximum Gasteiger partial charge on any atom is 0.372 e. The van der Waals surface area contributed by atoms with Crippen molar-refractivity contribution in [3.63, 3.8) is 0 Å². The Morgan fingerprint density at radius 1 is 1.16 bits per heavy atom. The van der Waals surface area contributed by atoms with E-state index in [2.05, 4.69) is 36.6 Å². The molecule has 0 saturated carbocycles. The lowest BCUT2D eigenvalue weighted by atomic mass is 10.2. The van der Waals surface area contributed by atoms with Crippen LogP contribution in [0.15, 0.2) is 47.3 Å². The zero-order valence-corrected chi connectivity index (χ0v) is 11.1. The second kappa shape index (κ2) is 4.73. The van der Waals surface area contributed by atoms with Crippen LogP contribution < -0.4 is 0 Å². The highest BCUT2D eigenvalue weighted by Crippen LogP contribution is 2.25. The summed E-state index contributed by atoms with van der Waals surface area (Å²) in [6, 6.07) is 8.93. The van der Waals surface area contributed by atoms with Gasteiger partial charge in [-0.2, -0.15) is 9.36 Å². The zero-order chi connectivity index (χ0) is 13.2. The van der Waals surface area contributed by atoms with Gasteiger partial charge in [-0.1, -0.05) is 40.8 Å². The predicted molar refractivity (Wildman–Crippen MR) is 69.4 cm³/mol. The van der Waals surface area contributed by atoms with Crippen LogP contribution in [0.5, 0.6) is 0 Å². The first-order valence-electron chi connectivity index (χ1n) is 5.35. The van der Waals surface area contributed by atoms with Crippen molar-refractivity contribution in [2.45, 2.75) is 0 Å². The minimum Gasteiger partial charge on any atom is -0.243 e. The van der Waals surface area contributed by atoms with E-state index in [-0.39, 0.29) is 0 Å². The molecule has 3 rings (SSSR count). The van der Waals surface area contributed by atoms with E-state index in [1.54, 1.807) is 0 Å². The third-order valence-electron chi connectivity index (χ3n) is 2.48. The van der Waals surface area contributed by atoms with Crippen LogP contribution in [0.2, 0.25) is 0 Å². The van der Waals surface area contributed by atoms with E-state index in [9.17, 15) is 4.79 Å². The molecular weight excluding hydrogens is 312 g/mol. The second-order valence-electron chi connectivity index (χ2n) is 3.64. The zero-order valence-electron chi connectivity index (χ0n) is 9.51. The van der Waals surface area contributed by atoms with Gasteiger partial charge in [-0.25, -0.2) is 4.79 Å². The van der Waals surface area contributed by atoms with Crippen LogP contribution in [0.4, 0.5) is 4.79 Å². The summed E-state index contributed by atoms with van der Waals surface area (Å²) >= 11 is 3.29. The monoisotopic (exact) mass is 318 g/mol. The summed E-state index contributed by atoms with van der Waals surface area (Å²) < 4.78 is 2.76. The summed E-state index contributed by atoms with van der Waals surface area (Å²) in [6.45, 7) is 0. The highest BCUT2D eigenvalue weighted by molar-refractivity contribution is 9.10. The molecule has 7 nitrogen and oxygen atoms in total. The van der Waals surface area contributed by atoms with E-state index in [0.717, 1.165) is 10.2 Å². The maximum absolute atomic E-state index is 12.2. The van der Waals surface area contributed by atoms with Crippen molar-refractivity contribution < 1.29 is 4.79 Å². The Labute approximate surface area is 116 Å². The molecular formula is C11H7BrN6O. The summed E-state index contributed by atoms with van der Waals surface area (Å²) in [4.78, 5) is 12.2. The Morgan fingerprint density at radius 2 is 1.95 bits per heavy atom. The molecule has 8 heteroatoms. The smallest absolute Gasteiger partial charge is 0.243 e. The SMILES string of the molecule is O=C(n1ccnn1)n1nnc(Br)c1-c1ccccc1. The van der Waals surface area contributed by atoms with Crippen LogP contribution in [0, 0.1) is 0 Å². The van der Waals surface area contributed by atoms with Crippen LogP contribution >= 0.6 is 15.9 Å². The van der Waals surface area contributed by atoms with Gasteiger partial charge in [0.2, 0.25) is 0 Å². The molecule has 0 bridgehead atoms. The van der Waals surface area contributed by atoms with Crippen molar-refractivity contribution in [1.82, 2.24) is 30.0 Å². The van der Waals surface area contributed by atoms with Gasteiger partial charge in [-0.3, -0.25) is 0 Å². The molecule has 94 valence electrons. The van der Waals surface area contributed by atoms with E-state index in [1.165, 1.54) is 17.1 Å². The molecule has 3 aromatic rings. The van der Waals surface area contributed by atoms with Crippen LogP contribution in [0.3, 0.4) is 0 Å². The molecule has 0 amide bonds. The molecule has 2 aromatic heterocycles. The van der Waals surface area contributed by atoms with Gasteiger partial charge in [0.1, 0.15) is 5.69 Å². The van der Waals surface area contributed by atoms with Gasteiger partial charge < -0.3 is 0 Å². The summed E-state index contributed by atoms with van der Waals surface area (Å²) in [6.07, 6.45) is 2.87. The number of halogens is 1. The molecule has 0 saturated heterocycles. The fourth-order valence-corrected chi connectivity index (χ4v) is 2.11. The Hall–Kier alpha value is -2.35. The van der Waals surface area contributed by atoms with Gasteiger partial charge in [0, 0.05) is 5.56 Å². The van der Waals surface area contributed by atoms with E-state index in [0.29, 0.717) is 10.3 Å². The van der Waals surface area contributed by atoms with Crippen molar-refractivity contribution in [1.29, 1.82) is 0 Å². The summed E-state index contributed by atoms with van der Waals surface area (Å²) in [7, 11) is 0. The minimum atomic E-state index is -0.449. The van der Waals surface area contributed by atoms with Gasteiger partial charge >= 0.3 is 6.03 Å². The molecule has 0 aliphatic carbocycles. The molecule has 0 fully saturated rings. The van der Waals surface area contributed by atoms with Gasteiger partial charge in [0.05, 0.1) is 12.4 Å². The lowest BCUT2D eigenvalue weighted by Crippen LogP contribution is -2.22. The molecule has 0 radical (unpaired) electrons. The van der Waals surface area contributed by atoms with E-state index in [1.807, 2.05) is 30.3 Å². The largest absolute Gasteiger partial charge is 0.372 e. The number of hydrogen-bond acceptors (Lipinski definition) is 5. The first-order valence-corrected chi connectivity index (χ1v) is 6.14.